The highest BCUT2D eigenvalue weighted by Gasteiger charge is 2.02. The molecule has 0 saturated carbocycles. The molecule has 0 aromatic carbocycles. The van der Waals surface area contributed by atoms with E-state index in [2.05, 4.69) is 20.8 Å². The van der Waals surface area contributed by atoms with E-state index in [0.717, 1.165) is 6.61 Å². The third-order valence-corrected chi connectivity index (χ3v) is 5.36. The lowest BCUT2D eigenvalue weighted by Crippen LogP contribution is -2.09. The Bertz CT molecular complexity index is 226. The van der Waals surface area contributed by atoms with Crippen LogP contribution >= 0.6 is 0 Å². The molecule has 25 heavy (non-hydrogen) atoms. The van der Waals surface area contributed by atoms with Gasteiger partial charge >= 0.3 is 0 Å². The summed E-state index contributed by atoms with van der Waals surface area (Å²) in [5, 5.41) is 0. The van der Waals surface area contributed by atoms with Crippen LogP contribution in [-0.2, 0) is 4.74 Å². The average Bonchev–Trinajstić information content (AvgIpc) is 2.62. The lowest BCUT2D eigenvalue weighted by Gasteiger charge is -2.12. The van der Waals surface area contributed by atoms with E-state index in [1.165, 1.54) is 122 Å². The van der Waals surface area contributed by atoms with Crippen molar-refractivity contribution < 1.29 is 4.74 Å². The van der Waals surface area contributed by atoms with Crippen molar-refractivity contribution in [1.82, 2.24) is 0 Å². The lowest BCUT2D eigenvalue weighted by atomic mass is 10.1. The molecule has 0 radical (unpaired) electrons. The number of hydrogen-bond acceptors (Lipinski definition) is 1. The van der Waals surface area contributed by atoms with Crippen LogP contribution in [0.25, 0.3) is 0 Å². The molecule has 1 heteroatoms. The molecule has 0 spiro atoms. The van der Waals surface area contributed by atoms with Gasteiger partial charge in [-0.25, -0.2) is 0 Å². The summed E-state index contributed by atoms with van der Waals surface area (Å²) in [5.74, 6) is 0. The van der Waals surface area contributed by atoms with Crippen LogP contribution < -0.4 is 0 Å². The van der Waals surface area contributed by atoms with Crippen molar-refractivity contribution in [3.05, 3.63) is 0 Å². The predicted molar refractivity (Wildman–Crippen MR) is 114 cm³/mol. The average molecular weight is 355 g/mol. The zero-order chi connectivity index (χ0) is 18.4. The first-order valence-corrected chi connectivity index (χ1v) is 11.9. The van der Waals surface area contributed by atoms with Crippen LogP contribution in [0.2, 0.25) is 0 Å². The van der Waals surface area contributed by atoms with Crippen LogP contribution in [0.3, 0.4) is 0 Å². The molecule has 0 N–H and O–H groups in total. The second kappa shape index (κ2) is 22.0. The van der Waals surface area contributed by atoms with Crippen molar-refractivity contribution in [2.24, 2.45) is 0 Å². The van der Waals surface area contributed by atoms with Gasteiger partial charge in [0.15, 0.2) is 0 Å². The molecule has 0 saturated heterocycles. The molecular formula is C24H50O. The van der Waals surface area contributed by atoms with E-state index < -0.39 is 0 Å². The van der Waals surface area contributed by atoms with Gasteiger partial charge in [-0.3, -0.25) is 0 Å². The maximum atomic E-state index is 5.96. The van der Waals surface area contributed by atoms with E-state index in [9.17, 15) is 0 Å². The molecule has 0 aliphatic rings. The Kier molecular flexibility index (Phi) is 22.0. The highest BCUT2D eigenvalue weighted by Crippen LogP contribution is 2.13. The van der Waals surface area contributed by atoms with Gasteiger partial charge in [-0.15, -0.1) is 0 Å². The molecule has 0 fully saturated rings. The molecule has 0 amide bonds. The van der Waals surface area contributed by atoms with Crippen molar-refractivity contribution in [3.8, 4) is 0 Å². The van der Waals surface area contributed by atoms with Gasteiger partial charge < -0.3 is 4.74 Å². The third kappa shape index (κ3) is 21.9. The molecule has 0 rings (SSSR count). The van der Waals surface area contributed by atoms with Gasteiger partial charge in [-0.1, -0.05) is 123 Å². The van der Waals surface area contributed by atoms with Crippen molar-refractivity contribution in [2.75, 3.05) is 6.61 Å². The first kappa shape index (κ1) is 25.0. The van der Waals surface area contributed by atoms with Crippen LogP contribution in [-0.4, -0.2) is 12.7 Å². The summed E-state index contributed by atoms with van der Waals surface area (Å²) in [6, 6.07) is 0. The van der Waals surface area contributed by atoms with Gasteiger partial charge in [0.2, 0.25) is 0 Å². The molecule has 0 heterocycles. The molecule has 0 aliphatic carbocycles. The minimum absolute atomic E-state index is 0.471. The fourth-order valence-corrected chi connectivity index (χ4v) is 3.52. The number of hydrogen-bond donors (Lipinski definition) is 0. The van der Waals surface area contributed by atoms with Crippen molar-refractivity contribution in [2.45, 2.75) is 149 Å². The highest BCUT2D eigenvalue weighted by molar-refractivity contribution is 4.53. The molecular weight excluding hydrogens is 304 g/mol. The SMILES string of the molecule is CCCCCCCCCCCCCCOC(C)CCCCCCCC. The zero-order valence-electron chi connectivity index (χ0n) is 18.1. The molecule has 152 valence electrons. The van der Waals surface area contributed by atoms with Crippen molar-refractivity contribution in [1.29, 1.82) is 0 Å². The first-order chi connectivity index (χ1) is 12.3. The Labute approximate surface area is 160 Å². The minimum atomic E-state index is 0.471. The Morgan fingerprint density at radius 1 is 0.480 bits per heavy atom. The zero-order valence-corrected chi connectivity index (χ0v) is 18.1. The standard InChI is InChI=1S/C24H50O/c1-4-6-8-10-12-13-14-15-16-17-19-21-23-25-24(3)22-20-18-11-9-7-5-2/h24H,4-23H2,1-3H3. The molecule has 1 nitrogen and oxygen atoms in total. The lowest BCUT2D eigenvalue weighted by molar-refractivity contribution is 0.0557. The molecule has 1 atom stereocenters. The van der Waals surface area contributed by atoms with E-state index in [4.69, 9.17) is 4.74 Å². The summed E-state index contributed by atoms with van der Waals surface area (Å²) in [7, 11) is 0. The van der Waals surface area contributed by atoms with E-state index in [0.29, 0.717) is 6.10 Å². The van der Waals surface area contributed by atoms with Gasteiger partial charge in [0.1, 0.15) is 0 Å². The second-order valence-electron chi connectivity index (χ2n) is 8.13. The minimum Gasteiger partial charge on any atom is -0.379 e. The summed E-state index contributed by atoms with van der Waals surface area (Å²) in [6.45, 7) is 7.81. The second-order valence-corrected chi connectivity index (χ2v) is 8.13. The monoisotopic (exact) mass is 354 g/mol. The van der Waals surface area contributed by atoms with Gasteiger partial charge in [-0.2, -0.15) is 0 Å². The van der Waals surface area contributed by atoms with Crippen LogP contribution in [0.15, 0.2) is 0 Å². The van der Waals surface area contributed by atoms with Gasteiger partial charge in [0.25, 0.3) is 0 Å². The molecule has 0 aliphatic heterocycles. The maximum Gasteiger partial charge on any atom is 0.0547 e. The Balaban J connectivity index is 3.09. The smallest absolute Gasteiger partial charge is 0.0547 e. The fraction of sp³-hybridized carbons (Fsp3) is 1.00. The van der Waals surface area contributed by atoms with Crippen molar-refractivity contribution in [3.63, 3.8) is 0 Å². The topological polar surface area (TPSA) is 9.23 Å². The number of ether oxygens (including phenoxy) is 1. The summed E-state index contributed by atoms with van der Waals surface area (Å²) in [6.07, 6.45) is 27.1. The number of unbranched alkanes of at least 4 members (excludes halogenated alkanes) is 16. The summed E-state index contributed by atoms with van der Waals surface area (Å²) >= 11 is 0. The van der Waals surface area contributed by atoms with Crippen LogP contribution in [0, 0.1) is 0 Å². The van der Waals surface area contributed by atoms with E-state index >= 15 is 0 Å². The molecule has 0 bridgehead atoms. The van der Waals surface area contributed by atoms with Gasteiger partial charge in [0, 0.05) is 6.61 Å². The van der Waals surface area contributed by atoms with E-state index in [1.54, 1.807) is 0 Å². The van der Waals surface area contributed by atoms with Crippen molar-refractivity contribution >= 4 is 0 Å². The molecule has 1 unspecified atom stereocenters. The Morgan fingerprint density at radius 3 is 1.28 bits per heavy atom. The molecule has 0 aromatic heterocycles. The largest absolute Gasteiger partial charge is 0.379 e. The first-order valence-electron chi connectivity index (χ1n) is 11.9. The molecule has 0 aromatic rings. The van der Waals surface area contributed by atoms with E-state index in [1.807, 2.05) is 0 Å². The third-order valence-electron chi connectivity index (χ3n) is 5.36. The van der Waals surface area contributed by atoms with Gasteiger partial charge in [0.05, 0.1) is 6.10 Å². The van der Waals surface area contributed by atoms with Crippen LogP contribution in [0.5, 0.6) is 0 Å². The maximum absolute atomic E-state index is 5.96. The number of rotatable bonds is 21. The van der Waals surface area contributed by atoms with Crippen LogP contribution in [0.4, 0.5) is 0 Å². The fourth-order valence-electron chi connectivity index (χ4n) is 3.52. The van der Waals surface area contributed by atoms with Gasteiger partial charge in [-0.05, 0) is 19.8 Å². The predicted octanol–water partition coefficient (Wildman–Crippen LogP) is 8.84. The van der Waals surface area contributed by atoms with Crippen LogP contribution in [0.1, 0.15) is 143 Å². The summed E-state index contributed by atoms with van der Waals surface area (Å²) < 4.78 is 5.96. The Morgan fingerprint density at radius 2 is 0.840 bits per heavy atom. The Hall–Kier alpha value is -0.0400. The quantitative estimate of drug-likeness (QED) is 0.187. The van der Waals surface area contributed by atoms with E-state index in [-0.39, 0.29) is 0 Å². The summed E-state index contributed by atoms with van der Waals surface area (Å²) in [4.78, 5) is 0. The summed E-state index contributed by atoms with van der Waals surface area (Å²) in [5.41, 5.74) is 0. The highest BCUT2D eigenvalue weighted by atomic mass is 16.5. The normalized spacial score (nSPS) is 12.6.